The highest BCUT2D eigenvalue weighted by molar-refractivity contribution is 5.83. The number of rotatable bonds is 5. The fourth-order valence-electron chi connectivity index (χ4n) is 1.57. The summed E-state index contributed by atoms with van der Waals surface area (Å²) in [7, 11) is 1.64. The number of ether oxygens (including phenoxy) is 1. The molecule has 80 valence electrons. The Hall–Kier alpha value is -1.57. The Balaban J connectivity index is 3.10. The summed E-state index contributed by atoms with van der Waals surface area (Å²) in [5, 5.41) is 0. The molecule has 0 aromatic heterocycles. The molecule has 1 rings (SSSR count). The molecule has 0 aliphatic heterocycles. The lowest BCUT2D eigenvalue weighted by molar-refractivity contribution is -0.104. The van der Waals surface area contributed by atoms with Crippen molar-refractivity contribution in [3.63, 3.8) is 0 Å². The Morgan fingerprint density at radius 1 is 1.40 bits per heavy atom. The van der Waals surface area contributed by atoms with Crippen molar-refractivity contribution in [2.45, 2.75) is 19.8 Å². The molecule has 0 heterocycles. The molecule has 0 atom stereocenters. The molecule has 0 bridgehead atoms. The molecule has 15 heavy (non-hydrogen) atoms. The molecule has 1 aromatic carbocycles. The van der Waals surface area contributed by atoms with Gasteiger partial charge in [-0.1, -0.05) is 31.5 Å². The Bertz CT molecular complexity index is 353. The Morgan fingerprint density at radius 3 is 2.73 bits per heavy atom. The van der Waals surface area contributed by atoms with Gasteiger partial charge in [0.25, 0.3) is 0 Å². The van der Waals surface area contributed by atoms with Gasteiger partial charge in [0, 0.05) is 5.56 Å². The molecule has 0 spiro atoms. The number of hydrogen-bond donors (Lipinski definition) is 0. The number of hydrogen-bond acceptors (Lipinski definition) is 2. The molecule has 0 radical (unpaired) electrons. The van der Waals surface area contributed by atoms with E-state index in [4.69, 9.17) is 4.74 Å². The first-order valence-electron chi connectivity index (χ1n) is 5.11. The number of benzene rings is 1. The van der Waals surface area contributed by atoms with Crippen molar-refractivity contribution in [2.24, 2.45) is 0 Å². The maximum Gasteiger partial charge on any atom is 0.143 e. The van der Waals surface area contributed by atoms with Crippen LogP contribution in [0.3, 0.4) is 0 Å². The molecule has 0 N–H and O–H groups in total. The first-order chi connectivity index (χ1) is 7.33. The summed E-state index contributed by atoms with van der Waals surface area (Å²) in [4.78, 5) is 10.5. The summed E-state index contributed by atoms with van der Waals surface area (Å²) >= 11 is 0. The van der Waals surface area contributed by atoms with Crippen LogP contribution in [-0.2, 0) is 4.79 Å². The van der Waals surface area contributed by atoms with Crippen LogP contribution in [0.4, 0.5) is 0 Å². The van der Waals surface area contributed by atoms with E-state index in [1.807, 2.05) is 24.3 Å². The molecular formula is C13H16O2. The molecule has 0 saturated carbocycles. The molecule has 2 nitrogen and oxygen atoms in total. The number of methoxy groups -OCH3 is 1. The van der Waals surface area contributed by atoms with Crippen molar-refractivity contribution < 1.29 is 9.53 Å². The van der Waals surface area contributed by atoms with Crippen molar-refractivity contribution in [1.82, 2.24) is 0 Å². The first kappa shape index (κ1) is 11.5. The normalized spacial score (nSPS) is 11.2. The van der Waals surface area contributed by atoms with Gasteiger partial charge in [-0.15, -0.1) is 0 Å². The molecule has 0 aliphatic carbocycles. The zero-order valence-corrected chi connectivity index (χ0v) is 9.19. The van der Waals surface area contributed by atoms with Gasteiger partial charge in [-0.2, -0.15) is 0 Å². The summed E-state index contributed by atoms with van der Waals surface area (Å²) in [6.45, 7) is 2.09. The smallest absolute Gasteiger partial charge is 0.143 e. The van der Waals surface area contributed by atoms with Gasteiger partial charge in [-0.25, -0.2) is 0 Å². The van der Waals surface area contributed by atoms with Gasteiger partial charge >= 0.3 is 0 Å². The van der Waals surface area contributed by atoms with Crippen molar-refractivity contribution in [2.75, 3.05) is 7.11 Å². The van der Waals surface area contributed by atoms with Crippen molar-refractivity contribution in [1.29, 1.82) is 0 Å². The van der Waals surface area contributed by atoms with Crippen LogP contribution in [-0.4, -0.2) is 13.4 Å². The summed E-state index contributed by atoms with van der Waals surface area (Å²) < 4.78 is 5.26. The van der Waals surface area contributed by atoms with E-state index in [-0.39, 0.29) is 0 Å². The van der Waals surface area contributed by atoms with Crippen LogP contribution in [0.25, 0.3) is 5.57 Å². The van der Waals surface area contributed by atoms with Gasteiger partial charge in [0.1, 0.15) is 12.0 Å². The largest absolute Gasteiger partial charge is 0.496 e. The van der Waals surface area contributed by atoms with Crippen LogP contribution in [0.5, 0.6) is 5.75 Å². The zero-order chi connectivity index (χ0) is 11.1. The first-order valence-corrected chi connectivity index (χ1v) is 5.11. The van der Waals surface area contributed by atoms with Crippen LogP contribution in [0.1, 0.15) is 25.3 Å². The Labute approximate surface area is 90.6 Å². The monoisotopic (exact) mass is 204 g/mol. The molecule has 2 heteroatoms. The topological polar surface area (TPSA) is 26.3 Å². The lowest BCUT2D eigenvalue weighted by Gasteiger charge is -2.10. The minimum absolute atomic E-state index is 0.819. The minimum Gasteiger partial charge on any atom is -0.496 e. The van der Waals surface area contributed by atoms with E-state index in [1.165, 1.54) is 0 Å². The third-order valence-electron chi connectivity index (χ3n) is 2.24. The SMILES string of the molecule is CCC/C(=C/C=O)c1ccccc1OC. The quantitative estimate of drug-likeness (QED) is 0.544. The third kappa shape index (κ3) is 2.94. The van der Waals surface area contributed by atoms with Crippen LogP contribution in [0, 0.1) is 0 Å². The van der Waals surface area contributed by atoms with Gasteiger partial charge in [-0.3, -0.25) is 4.79 Å². The van der Waals surface area contributed by atoms with Gasteiger partial charge in [-0.05, 0) is 24.1 Å². The summed E-state index contributed by atoms with van der Waals surface area (Å²) in [5.74, 6) is 0.819. The summed E-state index contributed by atoms with van der Waals surface area (Å²) in [6, 6.07) is 7.76. The second-order valence-corrected chi connectivity index (χ2v) is 3.28. The lowest BCUT2D eigenvalue weighted by atomic mass is 10.0. The van der Waals surface area contributed by atoms with Crippen molar-refractivity contribution in [3.05, 3.63) is 35.9 Å². The third-order valence-corrected chi connectivity index (χ3v) is 2.24. The van der Waals surface area contributed by atoms with E-state index >= 15 is 0 Å². The Kier molecular flexibility index (Phi) is 4.61. The van der Waals surface area contributed by atoms with Gasteiger partial charge in [0.2, 0.25) is 0 Å². The zero-order valence-electron chi connectivity index (χ0n) is 9.19. The van der Waals surface area contributed by atoms with E-state index < -0.39 is 0 Å². The minimum atomic E-state index is 0.819. The van der Waals surface area contributed by atoms with Gasteiger partial charge in [0.05, 0.1) is 7.11 Å². The predicted octanol–water partition coefficient (Wildman–Crippen LogP) is 3.08. The van der Waals surface area contributed by atoms with E-state index in [0.29, 0.717) is 0 Å². The molecule has 1 aromatic rings. The van der Waals surface area contributed by atoms with Crippen LogP contribution in [0.2, 0.25) is 0 Å². The maximum absolute atomic E-state index is 10.5. The fourth-order valence-corrected chi connectivity index (χ4v) is 1.57. The highest BCUT2D eigenvalue weighted by Gasteiger charge is 2.06. The van der Waals surface area contributed by atoms with E-state index in [0.717, 1.165) is 36.0 Å². The van der Waals surface area contributed by atoms with E-state index in [9.17, 15) is 4.79 Å². The van der Waals surface area contributed by atoms with Crippen molar-refractivity contribution in [3.8, 4) is 5.75 Å². The second-order valence-electron chi connectivity index (χ2n) is 3.28. The molecule has 0 saturated heterocycles. The maximum atomic E-state index is 10.5. The highest BCUT2D eigenvalue weighted by Crippen LogP contribution is 2.28. The van der Waals surface area contributed by atoms with Gasteiger partial charge < -0.3 is 4.74 Å². The van der Waals surface area contributed by atoms with Crippen LogP contribution >= 0.6 is 0 Å². The number of carbonyl (C=O) groups excluding carboxylic acids is 1. The Morgan fingerprint density at radius 2 is 2.13 bits per heavy atom. The summed E-state index contributed by atoms with van der Waals surface area (Å²) in [5.41, 5.74) is 2.04. The molecule has 0 amide bonds. The molecule has 0 aliphatic rings. The number of aldehydes is 1. The standard InChI is InChI=1S/C13H16O2/c1-3-6-11(9-10-14)12-7-4-5-8-13(12)15-2/h4-5,7-10H,3,6H2,1-2H3/b11-9-. The fraction of sp³-hybridized carbons (Fsp3) is 0.308. The van der Waals surface area contributed by atoms with Crippen LogP contribution in [0.15, 0.2) is 30.3 Å². The number of allylic oxidation sites excluding steroid dienone is 2. The molecule has 0 unspecified atom stereocenters. The van der Waals surface area contributed by atoms with E-state index in [2.05, 4.69) is 6.92 Å². The molecular weight excluding hydrogens is 188 g/mol. The van der Waals surface area contributed by atoms with Crippen LogP contribution < -0.4 is 4.74 Å². The average Bonchev–Trinajstić information content (AvgIpc) is 2.29. The highest BCUT2D eigenvalue weighted by atomic mass is 16.5. The number of carbonyl (C=O) groups is 1. The summed E-state index contributed by atoms with van der Waals surface area (Å²) in [6.07, 6.45) is 4.34. The lowest BCUT2D eigenvalue weighted by Crippen LogP contribution is -1.91. The second kappa shape index (κ2) is 6.02. The van der Waals surface area contributed by atoms with E-state index in [1.54, 1.807) is 13.2 Å². The van der Waals surface area contributed by atoms with Crippen molar-refractivity contribution >= 4 is 11.9 Å². The number of para-hydroxylation sites is 1. The molecule has 0 fully saturated rings. The average molecular weight is 204 g/mol. The predicted molar refractivity (Wildman–Crippen MR) is 61.9 cm³/mol. The van der Waals surface area contributed by atoms with Gasteiger partial charge in [0.15, 0.2) is 0 Å².